The van der Waals surface area contributed by atoms with Gasteiger partial charge in [-0.2, -0.15) is 0 Å². The van der Waals surface area contributed by atoms with Crippen LogP contribution in [0.1, 0.15) is 15.9 Å². The van der Waals surface area contributed by atoms with Gasteiger partial charge in [0.1, 0.15) is 5.56 Å². The molecular weight excluding hydrogens is 370 g/mol. The van der Waals surface area contributed by atoms with Crippen LogP contribution in [-0.4, -0.2) is 15.4 Å². The zero-order chi connectivity index (χ0) is 19.4. The molecule has 1 aromatic heterocycles. The van der Waals surface area contributed by atoms with Gasteiger partial charge in [0.2, 0.25) is 0 Å². The standard InChI is InChI=1S/C19H14ClN3O4/c20-16-7-3-1-5-13(16)11-22-12-14(9-10-18(22)24)21-19(25)15-6-2-4-8-17(15)23(26)27/h1-10,12H,11H2,(H,21,25). The Balaban J connectivity index is 1.87. The Bertz CT molecular complexity index is 1080. The largest absolute Gasteiger partial charge is 0.320 e. The van der Waals surface area contributed by atoms with E-state index < -0.39 is 10.8 Å². The fourth-order valence-electron chi connectivity index (χ4n) is 2.56. The number of rotatable bonds is 5. The van der Waals surface area contributed by atoms with Crippen molar-refractivity contribution in [3.8, 4) is 0 Å². The highest BCUT2D eigenvalue weighted by molar-refractivity contribution is 6.31. The minimum Gasteiger partial charge on any atom is -0.320 e. The summed E-state index contributed by atoms with van der Waals surface area (Å²) in [6.07, 6.45) is 1.47. The molecule has 0 bridgehead atoms. The molecule has 0 aliphatic heterocycles. The number of hydrogen-bond acceptors (Lipinski definition) is 4. The van der Waals surface area contributed by atoms with Gasteiger partial charge in [-0.05, 0) is 23.8 Å². The Morgan fingerprint density at radius 1 is 1.07 bits per heavy atom. The Morgan fingerprint density at radius 2 is 1.78 bits per heavy atom. The van der Waals surface area contributed by atoms with Crippen molar-refractivity contribution in [2.45, 2.75) is 6.54 Å². The number of anilines is 1. The number of pyridine rings is 1. The molecule has 0 atom stereocenters. The van der Waals surface area contributed by atoms with Crippen LogP contribution < -0.4 is 10.9 Å². The minimum absolute atomic E-state index is 0.0636. The summed E-state index contributed by atoms with van der Waals surface area (Å²) in [7, 11) is 0. The van der Waals surface area contributed by atoms with Crippen LogP contribution in [0.25, 0.3) is 0 Å². The van der Waals surface area contributed by atoms with Gasteiger partial charge in [0.05, 0.1) is 17.2 Å². The van der Waals surface area contributed by atoms with Crippen LogP contribution in [-0.2, 0) is 6.54 Å². The molecule has 0 fully saturated rings. The van der Waals surface area contributed by atoms with Gasteiger partial charge in [-0.3, -0.25) is 19.7 Å². The SMILES string of the molecule is O=C(Nc1ccc(=O)n(Cc2ccccc2Cl)c1)c1ccccc1[N+](=O)[O-]. The van der Waals surface area contributed by atoms with Crippen LogP contribution in [0.2, 0.25) is 5.02 Å². The van der Waals surface area contributed by atoms with E-state index in [9.17, 15) is 19.7 Å². The first-order valence-corrected chi connectivity index (χ1v) is 8.32. The summed E-state index contributed by atoms with van der Waals surface area (Å²) in [6.45, 7) is 0.230. The number of nitrogens with zero attached hydrogens (tertiary/aromatic N) is 2. The number of nitro groups is 1. The quantitative estimate of drug-likeness (QED) is 0.536. The van der Waals surface area contributed by atoms with Gasteiger partial charge in [-0.1, -0.05) is 41.9 Å². The lowest BCUT2D eigenvalue weighted by atomic mass is 10.1. The van der Waals surface area contributed by atoms with E-state index in [1.54, 1.807) is 24.3 Å². The van der Waals surface area contributed by atoms with Crippen LogP contribution in [0.15, 0.2) is 71.7 Å². The lowest BCUT2D eigenvalue weighted by Gasteiger charge is -2.11. The van der Waals surface area contributed by atoms with Crippen LogP contribution >= 0.6 is 11.6 Å². The molecule has 0 saturated heterocycles. The van der Waals surface area contributed by atoms with Crippen LogP contribution in [0.5, 0.6) is 0 Å². The topological polar surface area (TPSA) is 94.2 Å². The number of aromatic nitrogens is 1. The Morgan fingerprint density at radius 3 is 2.52 bits per heavy atom. The summed E-state index contributed by atoms with van der Waals surface area (Å²) >= 11 is 6.13. The monoisotopic (exact) mass is 383 g/mol. The summed E-state index contributed by atoms with van der Waals surface area (Å²) in [5.74, 6) is -0.634. The molecule has 0 spiro atoms. The number of halogens is 1. The van der Waals surface area contributed by atoms with Gasteiger partial charge in [0.25, 0.3) is 17.2 Å². The van der Waals surface area contributed by atoms with Gasteiger partial charge in [0, 0.05) is 23.4 Å². The van der Waals surface area contributed by atoms with E-state index in [2.05, 4.69) is 5.32 Å². The Hall–Kier alpha value is -3.45. The first-order chi connectivity index (χ1) is 13.0. The second-order valence-corrected chi connectivity index (χ2v) is 6.11. The summed E-state index contributed by atoms with van der Waals surface area (Å²) < 4.78 is 1.40. The highest BCUT2D eigenvalue weighted by atomic mass is 35.5. The molecule has 7 nitrogen and oxygen atoms in total. The molecule has 1 amide bonds. The molecule has 0 aliphatic rings. The van der Waals surface area contributed by atoms with Crippen molar-refractivity contribution in [2.24, 2.45) is 0 Å². The fraction of sp³-hybridized carbons (Fsp3) is 0.0526. The summed E-state index contributed by atoms with van der Waals surface area (Å²) in [4.78, 5) is 35.0. The zero-order valence-electron chi connectivity index (χ0n) is 14.0. The second kappa shape index (κ2) is 7.84. The minimum atomic E-state index is -0.634. The Labute approximate surface area is 159 Å². The number of carbonyl (C=O) groups excluding carboxylic acids is 1. The number of benzene rings is 2. The highest BCUT2D eigenvalue weighted by Crippen LogP contribution is 2.20. The third-order valence-corrected chi connectivity index (χ3v) is 4.25. The normalized spacial score (nSPS) is 10.4. The first-order valence-electron chi connectivity index (χ1n) is 7.94. The number of para-hydroxylation sites is 1. The molecule has 0 saturated carbocycles. The third-order valence-electron chi connectivity index (χ3n) is 3.89. The molecule has 0 aliphatic carbocycles. The number of nitrogens with one attached hydrogen (secondary N) is 1. The number of nitro benzene ring substituents is 1. The first kappa shape index (κ1) is 18.3. The summed E-state index contributed by atoms with van der Waals surface area (Å²) in [6, 6.07) is 15.5. The van der Waals surface area contributed by atoms with Crippen LogP contribution in [0, 0.1) is 10.1 Å². The van der Waals surface area contributed by atoms with E-state index in [1.165, 1.54) is 41.1 Å². The molecule has 136 valence electrons. The van der Waals surface area contributed by atoms with E-state index >= 15 is 0 Å². The van der Waals surface area contributed by atoms with Crippen molar-refractivity contribution in [2.75, 3.05) is 5.32 Å². The maximum Gasteiger partial charge on any atom is 0.282 e. The molecule has 27 heavy (non-hydrogen) atoms. The summed E-state index contributed by atoms with van der Waals surface area (Å²) in [5, 5.41) is 14.2. The zero-order valence-corrected chi connectivity index (χ0v) is 14.7. The van der Waals surface area contributed by atoms with Gasteiger partial charge >= 0.3 is 0 Å². The average Bonchev–Trinajstić information content (AvgIpc) is 2.66. The second-order valence-electron chi connectivity index (χ2n) is 5.70. The van der Waals surface area contributed by atoms with Crippen molar-refractivity contribution in [3.63, 3.8) is 0 Å². The molecule has 1 N–H and O–H groups in total. The third kappa shape index (κ3) is 4.21. The molecule has 2 aromatic carbocycles. The lowest BCUT2D eigenvalue weighted by molar-refractivity contribution is -0.385. The van der Waals surface area contributed by atoms with Crippen molar-refractivity contribution in [1.82, 2.24) is 4.57 Å². The molecule has 0 radical (unpaired) electrons. The predicted octanol–water partition coefficient (Wildman–Crippen LogP) is 3.71. The van der Waals surface area contributed by atoms with Gasteiger partial charge in [-0.25, -0.2) is 0 Å². The van der Waals surface area contributed by atoms with E-state index in [-0.39, 0.29) is 23.4 Å². The van der Waals surface area contributed by atoms with Crippen molar-refractivity contribution >= 4 is 28.9 Å². The maximum atomic E-state index is 12.4. The Kier molecular flexibility index (Phi) is 5.33. The molecular formula is C19H14ClN3O4. The number of hydrogen-bond donors (Lipinski definition) is 1. The van der Waals surface area contributed by atoms with Gasteiger partial charge in [0.15, 0.2) is 0 Å². The molecule has 0 unspecified atom stereocenters. The van der Waals surface area contributed by atoms with Crippen molar-refractivity contribution in [1.29, 1.82) is 0 Å². The lowest BCUT2D eigenvalue weighted by Crippen LogP contribution is -2.21. The molecule has 1 heterocycles. The fourth-order valence-corrected chi connectivity index (χ4v) is 2.76. The van der Waals surface area contributed by atoms with Crippen LogP contribution in [0.4, 0.5) is 11.4 Å². The van der Waals surface area contributed by atoms with E-state index in [0.29, 0.717) is 10.7 Å². The van der Waals surface area contributed by atoms with Gasteiger partial charge in [-0.15, -0.1) is 0 Å². The number of carbonyl (C=O) groups is 1. The van der Waals surface area contributed by atoms with Crippen molar-refractivity contribution < 1.29 is 9.72 Å². The van der Waals surface area contributed by atoms with E-state index in [1.807, 2.05) is 6.07 Å². The van der Waals surface area contributed by atoms with E-state index in [0.717, 1.165) is 5.56 Å². The van der Waals surface area contributed by atoms with Crippen LogP contribution in [0.3, 0.4) is 0 Å². The maximum absolute atomic E-state index is 12.4. The van der Waals surface area contributed by atoms with Gasteiger partial charge < -0.3 is 9.88 Å². The predicted molar refractivity (Wildman–Crippen MR) is 102 cm³/mol. The molecule has 3 aromatic rings. The number of amides is 1. The average molecular weight is 384 g/mol. The summed E-state index contributed by atoms with van der Waals surface area (Å²) in [5.41, 5.74) is 0.470. The highest BCUT2D eigenvalue weighted by Gasteiger charge is 2.19. The molecule has 8 heteroatoms. The smallest absolute Gasteiger partial charge is 0.282 e. The molecule has 3 rings (SSSR count). The van der Waals surface area contributed by atoms with Crippen molar-refractivity contribution in [3.05, 3.63) is 103 Å². The van der Waals surface area contributed by atoms with E-state index in [4.69, 9.17) is 11.6 Å².